The predicted molar refractivity (Wildman–Crippen MR) is 122 cm³/mol. The molecular formula is C25H23N3S. The third-order valence-corrected chi connectivity index (χ3v) is 5.54. The zero-order valence-corrected chi connectivity index (χ0v) is 17.4. The van der Waals surface area contributed by atoms with Gasteiger partial charge in [-0.1, -0.05) is 102 Å². The number of thioether (sulfide) groups is 1. The van der Waals surface area contributed by atoms with Gasteiger partial charge in [-0.2, -0.15) is 0 Å². The first kappa shape index (κ1) is 19.2. The monoisotopic (exact) mass is 397 g/mol. The summed E-state index contributed by atoms with van der Waals surface area (Å²) in [6.45, 7) is 4.19. The van der Waals surface area contributed by atoms with E-state index < -0.39 is 0 Å². The van der Waals surface area contributed by atoms with Gasteiger partial charge >= 0.3 is 0 Å². The van der Waals surface area contributed by atoms with Crippen LogP contribution < -0.4 is 0 Å². The van der Waals surface area contributed by atoms with Crippen LogP contribution in [0.15, 0.2) is 90.1 Å². The Morgan fingerprint density at radius 3 is 2.14 bits per heavy atom. The van der Waals surface area contributed by atoms with Gasteiger partial charge in [0.15, 0.2) is 11.0 Å². The van der Waals surface area contributed by atoms with Crippen molar-refractivity contribution in [2.45, 2.75) is 19.0 Å². The van der Waals surface area contributed by atoms with Crippen molar-refractivity contribution < 1.29 is 0 Å². The fourth-order valence-electron chi connectivity index (χ4n) is 3.05. The molecule has 1 aromatic heterocycles. The Morgan fingerprint density at radius 2 is 1.45 bits per heavy atom. The molecule has 0 unspecified atom stereocenters. The lowest BCUT2D eigenvalue weighted by molar-refractivity contribution is 0.887. The van der Waals surface area contributed by atoms with Gasteiger partial charge in [0.2, 0.25) is 0 Å². The molecule has 3 aromatic carbocycles. The molecule has 4 aromatic rings. The molecule has 0 radical (unpaired) electrons. The van der Waals surface area contributed by atoms with Crippen LogP contribution in [0.1, 0.15) is 16.7 Å². The number of hydrogen-bond acceptors (Lipinski definition) is 3. The van der Waals surface area contributed by atoms with E-state index in [1.807, 2.05) is 6.07 Å². The van der Waals surface area contributed by atoms with E-state index in [1.54, 1.807) is 11.8 Å². The third kappa shape index (κ3) is 4.66. The first-order chi connectivity index (χ1) is 14.2. The maximum absolute atomic E-state index is 4.52. The Kier molecular flexibility index (Phi) is 5.92. The molecular weight excluding hydrogens is 374 g/mol. The van der Waals surface area contributed by atoms with Gasteiger partial charge < -0.3 is 0 Å². The fourth-order valence-corrected chi connectivity index (χ4v) is 3.81. The first-order valence-electron chi connectivity index (χ1n) is 9.64. The summed E-state index contributed by atoms with van der Waals surface area (Å²) >= 11 is 1.69. The predicted octanol–water partition coefficient (Wildman–Crippen LogP) is 6.36. The summed E-state index contributed by atoms with van der Waals surface area (Å²) in [5.74, 6) is 1.69. The van der Waals surface area contributed by atoms with Crippen molar-refractivity contribution in [1.29, 1.82) is 0 Å². The molecule has 4 rings (SSSR count). The van der Waals surface area contributed by atoms with Gasteiger partial charge in [-0.05, 0) is 31.5 Å². The smallest absolute Gasteiger partial charge is 0.196 e. The maximum Gasteiger partial charge on any atom is 0.196 e. The van der Waals surface area contributed by atoms with E-state index in [1.165, 1.54) is 16.7 Å². The molecule has 0 aliphatic rings. The lowest BCUT2D eigenvalue weighted by Gasteiger charge is -2.10. The molecule has 144 valence electrons. The van der Waals surface area contributed by atoms with E-state index in [2.05, 4.69) is 114 Å². The van der Waals surface area contributed by atoms with Crippen molar-refractivity contribution in [3.63, 3.8) is 0 Å². The van der Waals surface area contributed by atoms with Crippen molar-refractivity contribution in [1.82, 2.24) is 14.8 Å². The van der Waals surface area contributed by atoms with Crippen LogP contribution in [0.5, 0.6) is 0 Å². The van der Waals surface area contributed by atoms with E-state index in [0.717, 1.165) is 28.0 Å². The van der Waals surface area contributed by atoms with Crippen LogP contribution in [0.4, 0.5) is 0 Å². The van der Waals surface area contributed by atoms with Crippen LogP contribution in [-0.4, -0.2) is 20.5 Å². The van der Waals surface area contributed by atoms with E-state index in [-0.39, 0.29) is 0 Å². The highest BCUT2D eigenvalue weighted by atomic mass is 32.2. The van der Waals surface area contributed by atoms with Gasteiger partial charge in [0.25, 0.3) is 0 Å². The molecule has 29 heavy (non-hydrogen) atoms. The number of rotatable bonds is 6. The maximum atomic E-state index is 4.52. The normalized spacial score (nSPS) is 11.2. The Morgan fingerprint density at radius 1 is 0.793 bits per heavy atom. The molecule has 0 bridgehead atoms. The van der Waals surface area contributed by atoms with Crippen molar-refractivity contribution in [3.8, 4) is 17.1 Å². The Labute approximate surface area is 176 Å². The highest BCUT2D eigenvalue weighted by Crippen LogP contribution is 2.28. The lowest BCUT2D eigenvalue weighted by Crippen LogP contribution is -2.00. The average Bonchev–Trinajstić information content (AvgIpc) is 3.17. The average molecular weight is 398 g/mol. The molecule has 0 aliphatic heterocycles. The van der Waals surface area contributed by atoms with Gasteiger partial charge in [-0.3, -0.25) is 4.57 Å². The van der Waals surface area contributed by atoms with Gasteiger partial charge in [0.1, 0.15) is 0 Å². The Balaban J connectivity index is 1.63. The molecule has 0 spiro atoms. The molecule has 0 saturated carbocycles. The van der Waals surface area contributed by atoms with Crippen LogP contribution in [-0.2, 0) is 0 Å². The van der Waals surface area contributed by atoms with Gasteiger partial charge in [0, 0.05) is 17.0 Å². The van der Waals surface area contributed by atoms with Crippen molar-refractivity contribution >= 4 is 17.8 Å². The second kappa shape index (κ2) is 8.93. The molecule has 0 atom stereocenters. The minimum atomic E-state index is 0.826. The van der Waals surface area contributed by atoms with Crippen LogP contribution in [0.25, 0.3) is 23.2 Å². The SMILES string of the molecule is Cc1ccc(-c2nnc(SC/C=C/c3ccccc3)n2-c2ccc(C)cc2)cc1. The lowest BCUT2D eigenvalue weighted by atomic mass is 10.1. The second-order valence-corrected chi connectivity index (χ2v) is 7.95. The molecule has 0 N–H and O–H groups in total. The molecule has 0 saturated heterocycles. The van der Waals surface area contributed by atoms with Gasteiger partial charge in [0.05, 0.1) is 0 Å². The second-order valence-electron chi connectivity index (χ2n) is 6.97. The number of hydrogen-bond donors (Lipinski definition) is 0. The Hall–Kier alpha value is -3.11. The van der Waals surface area contributed by atoms with Crippen molar-refractivity contribution in [3.05, 3.63) is 102 Å². The fraction of sp³-hybridized carbons (Fsp3) is 0.120. The van der Waals surface area contributed by atoms with E-state index in [0.29, 0.717) is 0 Å². The zero-order chi connectivity index (χ0) is 20.1. The number of aryl methyl sites for hydroxylation is 2. The topological polar surface area (TPSA) is 30.7 Å². The number of nitrogens with zero attached hydrogens (tertiary/aromatic N) is 3. The number of aromatic nitrogens is 3. The van der Waals surface area contributed by atoms with Crippen molar-refractivity contribution in [2.75, 3.05) is 5.75 Å². The molecule has 3 nitrogen and oxygen atoms in total. The van der Waals surface area contributed by atoms with Crippen molar-refractivity contribution in [2.24, 2.45) is 0 Å². The van der Waals surface area contributed by atoms with Crippen LogP contribution >= 0.6 is 11.8 Å². The third-order valence-electron chi connectivity index (χ3n) is 4.65. The highest BCUT2D eigenvalue weighted by Gasteiger charge is 2.15. The largest absolute Gasteiger partial charge is 0.270 e. The molecule has 4 heteroatoms. The molecule has 0 fully saturated rings. The molecule has 0 amide bonds. The standard InChI is InChI=1S/C25H23N3S/c1-19-10-14-22(15-11-19)24-26-27-25(28(24)23-16-12-20(2)13-17-23)29-18-6-9-21-7-4-3-5-8-21/h3-17H,18H2,1-2H3/b9-6+. The van der Waals surface area contributed by atoms with E-state index in [4.69, 9.17) is 0 Å². The summed E-state index contributed by atoms with van der Waals surface area (Å²) < 4.78 is 2.14. The summed E-state index contributed by atoms with van der Waals surface area (Å²) in [6.07, 6.45) is 4.31. The summed E-state index contributed by atoms with van der Waals surface area (Å²) in [5, 5.41) is 9.91. The minimum absolute atomic E-state index is 0.826. The molecule has 1 heterocycles. The quantitative estimate of drug-likeness (QED) is 0.355. The summed E-state index contributed by atoms with van der Waals surface area (Å²) in [6, 6.07) is 27.3. The minimum Gasteiger partial charge on any atom is -0.270 e. The molecule has 0 aliphatic carbocycles. The van der Waals surface area contributed by atoms with Crippen LogP contribution in [0, 0.1) is 13.8 Å². The Bertz CT molecular complexity index is 1100. The summed E-state index contributed by atoms with van der Waals surface area (Å²) in [7, 11) is 0. The van der Waals surface area contributed by atoms with Crippen LogP contribution in [0.2, 0.25) is 0 Å². The zero-order valence-electron chi connectivity index (χ0n) is 16.6. The highest BCUT2D eigenvalue weighted by molar-refractivity contribution is 7.99. The van der Waals surface area contributed by atoms with Gasteiger partial charge in [-0.25, -0.2) is 0 Å². The van der Waals surface area contributed by atoms with Crippen LogP contribution in [0.3, 0.4) is 0 Å². The summed E-state index contributed by atoms with van der Waals surface area (Å²) in [4.78, 5) is 0. The number of benzene rings is 3. The summed E-state index contributed by atoms with van der Waals surface area (Å²) in [5.41, 5.74) is 5.81. The van der Waals surface area contributed by atoms with E-state index in [9.17, 15) is 0 Å². The van der Waals surface area contributed by atoms with E-state index >= 15 is 0 Å². The van der Waals surface area contributed by atoms with Gasteiger partial charge in [-0.15, -0.1) is 10.2 Å². The first-order valence-corrected chi connectivity index (χ1v) is 10.6.